The van der Waals surface area contributed by atoms with Crippen molar-refractivity contribution in [1.29, 1.82) is 0 Å². The third-order valence-corrected chi connectivity index (χ3v) is 3.58. The molecule has 1 aromatic heterocycles. The Labute approximate surface area is 127 Å². The number of nitrogen functional groups attached to an aromatic ring is 1. The Balaban J connectivity index is 2.56. The van der Waals surface area contributed by atoms with Gasteiger partial charge in [-0.15, -0.1) is 0 Å². The largest absolute Gasteiger partial charge is 0.383 e. The summed E-state index contributed by atoms with van der Waals surface area (Å²) in [6.07, 6.45) is 0. The Morgan fingerprint density at radius 1 is 1.19 bits per heavy atom. The van der Waals surface area contributed by atoms with E-state index in [0.29, 0.717) is 5.82 Å². The Hall–Kier alpha value is -2.10. The topological polar surface area (TPSA) is 55.0 Å². The standard InChI is InChI=1S/C17H24N4/c1-6-21(14-9-7-8-12(4)10-14)17-13(5)15(18)19-16(20-17)11(2)3/h7-11H,6H2,1-5H3,(H2,18,19,20). The highest BCUT2D eigenvalue weighted by Crippen LogP contribution is 2.30. The number of hydrogen-bond donors (Lipinski definition) is 1. The normalized spacial score (nSPS) is 11.0. The van der Waals surface area contributed by atoms with E-state index in [1.807, 2.05) is 6.92 Å². The van der Waals surface area contributed by atoms with Crippen molar-refractivity contribution in [1.82, 2.24) is 9.97 Å². The number of anilines is 3. The molecular formula is C17H24N4. The van der Waals surface area contributed by atoms with Crippen molar-refractivity contribution in [2.75, 3.05) is 17.2 Å². The van der Waals surface area contributed by atoms with Gasteiger partial charge in [-0.2, -0.15) is 0 Å². The van der Waals surface area contributed by atoms with Gasteiger partial charge in [-0.25, -0.2) is 9.97 Å². The highest BCUT2D eigenvalue weighted by atomic mass is 15.2. The van der Waals surface area contributed by atoms with Crippen LogP contribution in [0.2, 0.25) is 0 Å². The first kappa shape index (κ1) is 15.3. The van der Waals surface area contributed by atoms with Crippen molar-refractivity contribution in [2.45, 2.75) is 40.5 Å². The molecule has 0 aliphatic heterocycles. The summed E-state index contributed by atoms with van der Waals surface area (Å²) in [6.45, 7) is 11.2. The maximum absolute atomic E-state index is 6.08. The third kappa shape index (κ3) is 3.15. The molecular weight excluding hydrogens is 260 g/mol. The van der Waals surface area contributed by atoms with Gasteiger partial charge in [0.2, 0.25) is 0 Å². The van der Waals surface area contributed by atoms with Crippen LogP contribution in [0.1, 0.15) is 43.6 Å². The zero-order valence-corrected chi connectivity index (χ0v) is 13.5. The molecule has 2 aromatic rings. The Morgan fingerprint density at radius 3 is 2.48 bits per heavy atom. The maximum Gasteiger partial charge on any atom is 0.141 e. The highest BCUT2D eigenvalue weighted by Gasteiger charge is 2.17. The zero-order valence-electron chi connectivity index (χ0n) is 13.5. The zero-order chi connectivity index (χ0) is 15.6. The van der Waals surface area contributed by atoms with Crippen LogP contribution in [0.5, 0.6) is 0 Å². The van der Waals surface area contributed by atoms with E-state index >= 15 is 0 Å². The second-order valence-electron chi connectivity index (χ2n) is 5.65. The molecule has 4 nitrogen and oxygen atoms in total. The lowest BCUT2D eigenvalue weighted by Gasteiger charge is -2.25. The summed E-state index contributed by atoms with van der Waals surface area (Å²) in [6, 6.07) is 8.42. The van der Waals surface area contributed by atoms with Gasteiger partial charge in [0.1, 0.15) is 17.5 Å². The summed E-state index contributed by atoms with van der Waals surface area (Å²) in [5.41, 5.74) is 9.38. The van der Waals surface area contributed by atoms with Crippen LogP contribution >= 0.6 is 0 Å². The first-order chi connectivity index (χ1) is 9.93. The second kappa shape index (κ2) is 6.12. The molecule has 0 saturated heterocycles. The van der Waals surface area contributed by atoms with Gasteiger partial charge >= 0.3 is 0 Å². The van der Waals surface area contributed by atoms with Crippen LogP contribution in [0.25, 0.3) is 0 Å². The Bertz CT molecular complexity index is 635. The summed E-state index contributed by atoms with van der Waals surface area (Å²) >= 11 is 0. The van der Waals surface area contributed by atoms with Gasteiger partial charge in [0.25, 0.3) is 0 Å². The molecule has 112 valence electrons. The van der Waals surface area contributed by atoms with E-state index in [0.717, 1.165) is 29.4 Å². The molecule has 1 aromatic carbocycles. The van der Waals surface area contributed by atoms with Crippen molar-refractivity contribution in [3.63, 3.8) is 0 Å². The van der Waals surface area contributed by atoms with Crippen LogP contribution in [0, 0.1) is 13.8 Å². The average molecular weight is 284 g/mol. The highest BCUT2D eigenvalue weighted by molar-refractivity contribution is 5.67. The van der Waals surface area contributed by atoms with Crippen LogP contribution in [-0.4, -0.2) is 16.5 Å². The number of nitrogens with zero attached hydrogens (tertiary/aromatic N) is 3. The van der Waals surface area contributed by atoms with Crippen molar-refractivity contribution >= 4 is 17.3 Å². The van der Waals surface area contributed by atoms with Gasteiger partial charge in [0, 0.05) is 23.7 Å². The summed E-state index contributed by atoms with van der Waals surface area (Å²) in [7, 11) is 0. The fraction of sp³-hybridized carbons (Fsp3) is 0.412. The quantitative estimate of drug-likeness (QED) is 0.923. The van der Waals surface area contributed by atoms with E-state index in [-0.39, 0.29) is 5.92 Å². The van der Waals surface area contributed by atoms with Crippen molar-refractivity contribution in [2.24, 2.45) is 0 Å². The molecule has 1 heterocycles. The first-order valence-corrected chi connectivity index (χ1v) is 7.42. The van der Waals surface area contributed by atoms with Gasteiger partial charge in [-0.1, -0.05) is 26.0 Å². The minimum atomic E-state index is 0.253. The lowest BCUT2D eigenvalue weighted by Crippen LogP contribution is -2.21. The molecule has 0 saturated carbocycles. The molecule has 0 spiro atoms. The smallest absolute Gasteiger partial charge is 0.141 e. The summed E-state index contributed by atoms with van der Waals surface area (Å²) in [4.78, 5) is 11.3. The monoisotopic (exact) mass is 284 g/mol. The van der Waals surface area contributed by atoms with Gasteiger partial charge in [0.05, 0.1) is 0 Å². The van der Waals surface area contributed by atoms with E-state index in [2.05, 4.69) is 61.8 Å². The van der Waals surface area contributed by atoms with E-state index in [1.165, 1.54) is 5.56 Å². The number of nitrogens with two attached hydrogens (primary N) is 1. The molecule has 0 aliphatic rings. The second-order valence-corrected chi connectivity index (χ2v) is 5.65. The summed E-state index contributed by atoms with van der Waals surface area (Å²) < 4.78 is 0. The molecule has 0 aliphatic carbocycles. The molecule has 4 heteroatoms. The van der Waals surface area contributed by atoms with E-state index in [4.69, 9.17) is 10.7 Å². The third-order valence-electron chi connectivity index (χ3n) is 3.58. The number of aromatic nitrogens is 2. The van der Waals surface area contributed by atoms with Crippen molar-refractivity contribution < 1.29 is 0 Å². The predicted molar refractivity (Wildman–Crippen MR) is 89.1 cm³/mol. The predicted octanol–water partition coefficient (Wildman–Crippen LogP) is 3.96. The summed E-state index contributed by atoms with van der Waals surface area (Å²) in [5.74, 6) is 2.51. The van der Waals surface area contributed by atoms with Gasteiger partial charge < -0.3 is 10.6 Å². The molecule has 0 unspecified atom stereocenters. The number of aryl methyl sites for hydroxylation is 1. The van der Waals surface area contributed by atoms with E-state index < -0.39 is 0 Å². The fourth-order valence-electron chi connectivity index (χ4n) is 2.31. The first-order valence-electron chi connectivity index (χ1n) is 7.42. The van der Waals surface area contributed by atoms with Gasteiger partial charge in [0.15, 0.2) is 0 Å². The molecule has 0 bridgehead atoms. The minimum absolute atomic E-state index is 0.253. The number of hydrogen-bond acceptors (Lipinski definition) is 4. The van der Waals surface area contributed by atoms with Crippen LogP contribution in [0.15, 0.2) is 24.3 Å². The summed E-state index contributed by atoms with van der Waals surface area (Å²) in [5, 5.41) is 0. The molecule has 0 fully saturated rings. The maximum atomic E-state index is 6.08. The number of rotatable bonds is 4. The van der Waals surface area contributed by atoms with Crippen LogP contribution in [-0.2, 0) is 0 Å². The minimum Gasteiger partial charge on any atom is -0.383 e. The molecule has 2 rings (SSSR count). The average Bonchev–Trinajstić information content (AvgIpc) is 2.44. The molecule has 0 atom stereocenters. The van der Waals surface area contributed by atoms with E-state index in [1.54, 1.807) is 0 Å². The lowest BCUT2D eigenvalue weighted by atomic mass is 10.1. The van der Waals surface area contributed by atoms with Gasteiger partial charge in [-0.05, 0) is 38.5 Å². The van der Waals surface area contributed by atoms with Crippen molar-refractivity contribution in [3.05, 3.63) is 41.2 Å². The van der Waals surface area contributed by atoms with E-state index in [9.17, 15) is 0 Å². The fourth-order valence-corrected chi connectivity index (χ4v) is 2.31. The molecule has 21 heavy (non-hydrogen) atoms. The van der Waals surface area contributed by atoms with Crippen molar-refractivity contribution in [3.8, 4) is 0 Å². The van der Waals surface area contributed by atoms with Gasteiger partial charge in [-0.3, -0.25) is 0 Å². The molecule has 0 amide bonds. The lowest BCUT2D eigenvalue weighted by molar-refractivity contribution is 0.768. The molecule has 0 radical (unpaired) electrons. The van der Waals surface area contributed by atoms with Crippen LogP contribution in [0.4, 0.5) is 17.3 Å². The van der Waals surface area contributed by atoms with Crippen LogP contribution in [0.3, 0.4) is 0 Å². The number of benzene rings is 1. The van der Waals surface area contributed by atoms with Crippen LogP contribution < -0.4 is 10.6 Å². The SMILES string of the molecule is CCN(c1cccc(C)c1)c1nc(C(C)C)nc(N)c1C. The Kier molecular flexibility index (Phi) is 4.46. The molecule has 2 N–H and O–H groups in total. The Morgan fingerprint density at radius 2 is 1.90 bits per heavy atom.